The van der Waals surface area contributed by atoms with Crippen LogP contribution in [0.3, 0.4) is 0 Å². The van der Waals surface area contributed by atoms with Gasteiger partial charge in [-0.3, -0.25) is 9.69 Å². The molecule has 5 rings (SSSR count). The van der Waals surface area contributed by atoms with Crippen LogP contribution < -0.4 is 5.43 Å². The monoisotopic (exact) mass is 404 g/mol. The molecule has 0 saturated carbocycles. The molecule has 2 heterocycles. The number of hydrazone groups is 1. The number of benzene rings is 2. The number of nitrogens with zero attached hydrogens (tertiary/aromatic N) is 3. The summed E-state index contributed by atoms with van der Waals surface area (Å²) in [5.41, 5.74) is 8.84. The highest BCUT2D eigenvalue weighted by molar-refractivity contribution is 5.87. The molecule has 5 nitrogen and oxygen atoms in total. The Morgan fingerprint density at radius 1 is 1.23 bits per heavy atom. The molecular weight excluding hydrogens is 379 g/mol. The Balaban J connectivity index is 1.32. The number of hydrogen-bond donors (Lipinski definition) is 1. The number of aromatic nitrogens is 1. The second kappa shape index (κ2) is 7.69. The molecule has 0 saturated heterocycles. The fraction of sp³-hybridized carbons (Fsp3) is 0.333. The normalized spacial score (nSPS) is 18.7. The van der Waals surface area contributed by atoms with Crippen LogP contribution in [0.25, 0.3) is 10.9 Å². The number of fused-ring (bicyclic) bond motifs is 3. The maximum absolute atomic E-state index is 13.0. The van der Waals surface area contributed by atoms with Crippen LogP contribution in [0, 0.1) is 12.7 Å². The minimum atomic E-state index is -0.291. The van der Waals surface area contributed by atoms with E-state index in [1.54, 1.807) is 12.1 Å². The third-order valence-corrected chi connectivity index (χ3v) is 6.26. The highest BCUT2D eigenvalue weighted by Gasteiger charge is 2.35. The van der Waals surface area contributed by atoms with Crippen molar-refractivity contribution in [1.82, 2.24) is 14.9 Å². The smallest absolute Gasteiger partial charge is 0.254 e. The molecule has 2 aromatic carbocycles. The SMILES string of the molecule is Cc1ccc2c(c1)c1c3n2CCN(CC(=O)NN=Cc2ccc(F)cc2)C3CCC1. The molecule has 0 spiro atoms. The Hall–Kier alpha value is -2.99. The van der Waals surface area contributed by atoms with Gasteiger partial charge in [0.25, 0.3) is 5.91 Å². The fourth-order valence-electron chi connectivity index (χ4n) is 4.93. The molecule has 0 bridgehead atoms. The summed E-state index contributed by atoms with van der Waals surface area (Å²) in [5.74, 6) is -0.415. The van der Waals surface area contributed by atoms with Crippen LogP contribution in [0.4, 0.5) is 4.39 Å². The quantitative estimate of drug-likeness (QED) is 0.529. The third-order valence-electron chi connectivity index (χ3n) is 6.26. The zero-order chi connectivity index (χ0) is 20.7. The molecule has 3 aromatic rings. The Morgan fingerprint density at radius 2 is 2.07 bits per heavy atom. The molecule has 1 N–H and O–H groups in total. The van der Waals surface area contributed by atoms with Crippen molar-refractivity contribution in [2.24, 2.45) is 5.10 Å². The van der Waals surface area contributed by atoms with E-state index >= 15 is 0 Å². The topological polar surface area (TPSA) is 49.6 Å². The summed E-state index contributed by atoms with van der Waals surface area (Å²) >= 11 is 0. The lowest BCUT2D eigenvalue weighted by atomic mass is 9.89. The van der Waals surface area contributed by atoms with Gasteiger partial charge >= 0.3 is 0 Å². The number of aryl methyl sites for hydroxylation is 2. The van der Waals surface area contributed by atoms with Crippen LogP contribution in [0.5, 0.6) is 0 Å². The number of halogens is 1. The Labute approximate surface area is 175 Å². The van der Waals surface area contributed by atoms with Gasteiger partial charge in [0.2, 0.25) is 0 Å². The zero-order valence-corrected chi connectivity index (χ0v) is 17.1. The van der Waals surface area contributed by atoms with Gasteiger partial charge < -0.3 is 4.57 Å². The molecule has 0 radical (unpaired) electrons. The van der Waals surface area contributed by atoms with Crippen molar-refractivity contribution >= 4 is 23.0 Å². The first-order valence-corrected chi connectivity index (χ1v) is 10.5. The molecule has 2 aliphatic rings. The lowest BCUT2D eigenvalue weighted by molar-refractivity contribution is -0.123. The van der Waals surface area contributed by atoms with Crippen LogP contribution in [-0.4, -0.2) is 34.7 Å². The van der Waals surface area contributed by atoms with Crippen LogP contribution in [0.15, 0.2) is 47.6 Å². The van der Waals surface area contributed by atoms with E-state index in [-0.39, 0.29) is 17.8 Å². The highest BCUT2D eigenvalue weighted by atomic mass is 19.1. The van der Waals surface area contributed by atoms with Gasteiger partial charge in [0.1, 0.15) is 5.82 Å². The third kappa shape index (κ3) is 3.41. The van der Waals surface area contributed by atoms with E-state index in [1.807, 2.05) is 0 Å². The van der Waals surface area contributed by atoms with Crippen molar-refractivity contribution < 1.29 is 9.18 Å². The number of nitrogens with one attached hydrogen (secondary N) is 1. The summed E-state index contributed by atoms with van der Waals surface area (Å²) in [6.45, 7) is 4.22. The molecule has 1 aliphatic carbocycles. The summed E-state index contributed by atoms with van der Waals surface area (Å²) in [4.78, 5) is 14.8. The molecule has 6 heteroatoms. The Bertz CT molecular complexity index is 1130. The van der Waals surface area contributed by atoms with E-state index in [1.165, 1.54) is 46.1 Å². The zero-order valence-electron chi connectivity index (χ0n) is 17.1. The van der Waals surface area contributed by atoms with Crippen LogP contribution in [0.2, 0.25) is 0 Å². The largest absolute Gasteiger partial charge is 0.342 e. The number of carbonyl (C=O) groups excluding carboxylic acids is 1. The molecule has 1 aromatic heterocycles. The second-order valence-electron chi connectivity index (χ2n) is 8.26. The van der Waals surface area contributed by atoms with Crippen molar-refractivity contribution in [3.05, 3.63) is 70.7 Å². The van der Waals surface area contributed by atoms with Gasteiger partial charge in [0, 0.05) is 29.7 Å². The van der Waals surface area contributed by atoms with Crippen molar-refractivity contribution in [3.8, 4) is 0 Å². The van der Waals surface area contributed by atoms with Gasteiger partial charge in [0.05, 0.1) is 18.8 Å². The Morgan fingerprint density at radius 3 is 2.90 bits per heavy atom. The van der Waals surface area contributed by atoms with E-state index in [4.69, 9.17) is 0 Å². The van der Waals surface area contributed by atoms with Crippen molar-refractivity contribution in [2.75, 3.05) is 13.1 Å². The predicted molar refractivity (Wildman–Crippen MR) is 116 cm³/mol. The summed E-state index contributed by atoms with van der Waals surface area (Å²) in [5, 5.41) is 5.41. The van der Waals surface area contributed by atoms with E-state index in [9.17, 15) is 9.18 Å². The molecule has 1 amide bonds. The molecule has 0 fully saturated rings. The maximum atomic E-state index is 13.0. The van der Waals surface area contributed by atoms with Gasteiger partial charge in [-0.25, -0.2) is 9.82 Å². The van der Waals surface area contributed by atoms with Crippen LogP contribution >= 0.6 is 0 Å². The minimum absolute atomic E-state index is 0.124. The molecule has 1 aliphatic heterocycles. The molecular formula is C24H25FN4O. The first-order valence-electron chi connectivity index (χ1n) is 10.5. The first-order chi connectivity index (χ1) is 14.6. The first kappa shape index (κ1) is 19.0. The number of hydrogen-bond acceptors (Lipinski definition) is 3. The predicted octanol–water partition coefficient (Wildman–Crippen LogP) is 3.93. The molecule has 30 heavy (non-hydrogen) atoms. The fourth-order valence-corrected chi connectivity index (χ4v) is 4.93. The molecule has 1 unspecified atom stereocenters. The maximum Gasteiger partial charge on any atom is 0.254 e. The number of amides is 1. The number of rotatable bonds is 4. The van der Waals surface area contributed by atoms with Gasteiger partial charge in [-0.2, -0.15) is 5.10 Å². The average molecular weight is 404 g/mol. The van der Waals surface area contributed by atoms with Crippen LogP contribution in [0.1, 0.15) is 41.3 Å². The van der Waals surface area contributed by atoms with Crippen LogP contribution in [-0.2, 0) is 17.8 Å². The lowest BCUT2D eigenvalue weighted by Gasteiger charge is -2.39. The summed E-state index contributed by atoms with van der Waals surface area (Å²) in [7, 11) is 0. The Kier molecular flexibility index (Phi) is 4.87. The second-order valence-corrected chi connectivity index (χ2v) is 8.26. The van der Waals surface area contributed by atoms with Crippen molar-refractivity contribution in [2.45, 2.75) is 38.8 Å². The van der Waals surface area contributed by atoms with E-state index in [0.29, 0.717) is 6.54 Å². The van der Waals surface area contributed by atoms with Gasteiger partial charge in [-0.1, -0.05) is 23.8 Å². The van der Waals surface area contributed by atoms with Gasteiger partial charge in [-0.15, -0.1) is 0 Å². The van der Waals surface area contributed by atoms with E-state index in [0.717, 1.165) is 37.9 Å². The standard InChI is InChI=1S/C24H25FN4O/c1-16-5-10-21-20(13-16)19-3-2-4-22-24(19)29(21)12-11-28(22)15-23(30)27-26-14-17-6-8-18(25)9-7-17/h5-10,13-14,22H,2-4,11-12,15H2,1H3,(H,27,30). The van der Waals surface area contributed by atoms with Gasteiger partial charge in [-0.05, 0) is 61.6 Å². The highest BCUT2D eigenvalue weighted by Crippen LogP contribution is 2.42. The van der Waals surface area contributed by atoms with Crippen molar-refractivity contribution in [3.63, 3.8) is 0 Å². The van der Waals surface area contributed by atoms with Crippen molar-refractivity contribution in [1.29, 1.82) is 0 Å². The minimum Gasteiger partial charge on any atom is -0.342 e. The summed E-state index contributed by atoms with van der Waals surface area (Å²) < 4.78 is 15.4. The van der Waals surface area contributed by atoms with E-state index in [2.05, 4.69) is 45.1 Å². The van der Waals surface area contributed by atoms with Gasteiger partial charge in [0.15, 0.2) is 0 Å². The number of carbonyl (C=O) groups is 1. The molecule has 154 valence electrons. The lowest BCUT2D eigenvalue weighted by Crippen LogP contribution is -2.44. The summed E-state index contributed by atoms with van der Waals surface area (Å²) in [6.07, 6.45) is 4.87. The summed E-state index contributed by atoms with van der Waals surface area (Å²) in [6, 6.07) is 13.0. The molecule has 1 atom stereocenters. The average Bonchev–Trinajstić information content (AvgIpc) is 3.06. The van der Waals surface area contributed by atoms with E-state index < -0.39 is 0 Å².